The molecule has 12 nitrogen and oxygen atoms in total. The van der Waals surface area contributed by atoms with Gasteiger partial charge in [-0.3, -0.25) is 9.59 Å². The van der Waals surface area contributed by atoms with Crippen LogP contribution in [0.15, 0.2) is 18.3 Å². The van der Waals surface area contributed by atoms with E-state index in [4.69, 9.17) is 16.6 Å². The van der Waals surface area contributed by atoms with E-state index in [-0.39, 0.29) is 35.5 Å². The first-order valence-electron chi connectivity index (χ1n) is 9.60. The van der Waals surface area contributed by atoms with Crippen molar-refractivity contribution in [1.29, 1.82) is 0 Å². The summed E-state index contributed by atoms with van der Waals surface area (Å²) >= 11 is 1.15. The van der Waals surface area contributed by atoms with Gasteiger partial charge in [0.2, 0.25) is 11.8 Å². The fraction of sp³-hybridized carbons (Fsp3) is 0.316. The molecule has 0 saturated carbocycles. The number of carboxylic acids is 2. The molecule has 1 unspecified atom stereocenters. The SMILES string of the molecule is NCCC(c1ccc(C(=O)N[C@@H](CCC(=O)O)C(=O)O)s1)c1c[nH]c2nc(N)nc(O)c12. The molecule has 170 valence electrons. The van der Waals surface area contributed by atoms with E-state index in [2.05, 4.69) is 20.3 Å². The number of hydrogen-bond acceptors (Lipinski definition) is 9. The van der Waals surface area contributed by atoms with Crippen LogP contribution in [0.5, 0.6) is 5.88 Å². The monoisotopic (exact) mass is 462 g/mol. The van der Waals surface area contributed by atoms with Gasteiger partial charge in [0.1, 0.15) is 11.7 Å². The van der Waals surface area contributed by atoms with Crippen molar-refractivity contribution in [2.24, 2.45) is 5.73 Å². The number of nitrogens with one attached hydrogen (secondary N) is 2. The van der Waals surface area contributed by atoms with Crippen molar-refractivity contribution in [3.05, 3.63) is 33.6 Å². The second-order valence-electron chi connectivity index (χ2n) is 7.00. The van der Waals surface area contributed by atoms with E-state index in [9.17, 15) is 24.6 Å². The van der Waals surface area contributed by atoms with Crippen LogP contribution >= 0.6 is 11.3 Å². The maximum Gasteiger partial charge on any atom is 0.326 e. The predicted octanol–water partition coefficient (Wildman–Crippen LogP) is 0.836. The summed E-state index contributed by atoms with van der Waals surface area (Å²) in [7, 11) is 0. The number of rotatable bonds is 10. The normalized spacial score (nSPS) is 13.0. The number of nitrogens with zero attached hydrogens (tertiary/aromatic N) is 2. The number of fused-ring (bicyclic) bond motifs is 1. The molecule has 9 N–H and O–H groups in total. The van der Waals surface area contributed by atoms with E-state index < -0.39 is 23.9 Å². The molecule has 0 aliphatic carbocycles. The average molecular weight is 462 g/mol. The number of nitrogens with two attached hydrogens (primary N) is 2. The van der Waals surface area contributed by atoms with Gasteiger partial charge in [-0.15, -0.1) is 11.3 Å². The highest BCUT2D eigenvalue weighted by molar-refractivity contribution is 7.14. The highest BCUT2D eigenvalue weighted by atomic mass is 32.1. The van der Waals surface area contributed by atoms with Crippen LogP contribution in [0.4, 0.5) is 5.95 Å². The van der Waals surface area contributed by atoms with Crippen molar-refractivity contribution in [2.45, 2.75) is 31.2 Å². The molecule has 0 bridgehead atoms. The topological polar surface area (TPSA) is 218 Å². The van der Waals surface area contributed by atoms with E-state index in [0.717, 1.165) is 16.2 Å². The first kappa shape index (κ1) is 23.0. The molecule has 3 aromatic rings. The number of thiophene rings is 1. The van der Waals surface area contributed by atoms with E-state index in [0.29, 0.717) is 29.6 Å². The van der Waals surface area contributed by atoms with Crippen molar-refractivity contribution < 1.29 is 29.7 Å². The molecule has 13 heteroatoms. The Labute approximate surface area is 185 Å². The molecule has 0 aromatic carbocycles. The van der Waals surface area contributed by atoms with Crippen molar-refractivity contribution in [1.82, 2.24) is 20.3 Å². The van der Waals surface area contributed by atoms with Crippen LogP contribution in [0.3, 0.4) is 0 Å². The predicted molar refractivity (Wildman–Crippen MR) is 116 cm³/mol. The summed E-state index contributed by atoms with van der Waals surface area (Å²) in [5.74, 6) is -3.73. The highest BCUT2D eigenvalue weighted by Gasteiger charge is 2.26. The fourth-order valence-corrected chi connectivity index (χ4v) is 4.43. The largest absolute Gasteiger partial charge is 0.493 e. The van der Waals surface area contributed by atoms with Crippen molar-refractivity contribution in [2.75, 3.05) is 12.3 Å². The van der Waals surface area contributed by atoms with E-state index in [1.165, 1.54) is 0 Å². The van der Waals surface area contributed by atoms with E-state index >= 15 is 0 Å². The quantitative estimate of drug-likeness (QED) is 0.225. The lowest BCUT2D eigenvalue weighted by Gasteiger charge is -2.14. The number of nitrogen functional groups attached to an aromatic ring is 1. The number of carboxylic acid groups (broad SMARTS) is 2. The summed E-state index contributed by atoms with van der Waals surface area (Å²) in [6.07, 6.45) is 1.55. The summed E-state index contributed by atoms with van der Waals surface area (Å²) in [4.78, 5) is 46.5. The lowest BCUT2D eigenvalue weighted by atomic mass is 9.94. The molecule has 3 heterocycles. The van der Waals surface area contributed by atoms with Crippen molar-refractivity contribution >= 4 is 46.2 Å². The summed E-state index contributed by atoms with van der Waals surface area (Å²) in [5, 5.41) is 31.0. The maximum atomic E-state index is 12.6. The third-order valence-electron chi connectivity index (χ3n) is 4.84. The number of carbonyl (C=O) groups excluding carboxylic acids is 1. The Hall–Kier alpha value is -3.71. The van der Waals surface area contributed by atoms with Crippen molar-refractivity contribution in [3.63, 3.8) is 0 Å². The molecule has 0 saturated heterocycles. The van der Waals surface area contributed by atoms with Crippen LogP contribution in [-0.4, -0.2) is 60.7 Å². The molecule has 1 amide bonds. The first-order chi connectivity index (χ1) is 15.2. The third-order valence-corrected chi connectivity index (χ3v) is 6.03. The van der Waals surface area contributed by atoms with E-state index in [1.807, 2.05) is 0 Å². The standard InChI is InChI=1S/C19H22N6O6S/c20-6-5-8(9-7-22-15-14(9)17(29)25-19(21)24-15)11-2-3-12(32-11)16(28)23-10(18(30)31)1-4-13(26)27/h2-3,7-8,10H,1,4-6,20H2,(H,23,28)(H,26,27)(H,30,31)(H4,21,22,24,25,29)/t8?,10-/m0/s1. The third kappa shape index (κ3) is 4.95. The van der Waals surface area contributed by atoms with Crippen LogP contribution < -0.4 is 16.8 Å². The second kappa shape index (κ2) is 9.62. The van der Waals surface area contributed by atoms with Crippen LogP contribution in [-0.2, 0) is 9.59 Å². The zero-order chi connectivity index (χ0) is 23.4. The Balaban J connectivity index is 1.87. The van der Waals surface area contributed by atoms with Crippen molar-refractivity contribution in [3.8, 4) is 5.88 Å². The molecule has 3 aromatic heterocycles. The molecule has 0 fully saturated rings. The Morgan fingerprint density at radius 3 is 2.59 bits per heavy atom. The lowest BCUT2D eigenvalue weighted by Crippen LogP contribution is -2.40. The smallest absolute Gasteiger partial charge is 0.326 e. The summed E-state index contributed by atoms with van der Waals surface area (Å²) in [5.41, 5.74) is 12.4. The average Bonchev–Trinajstić information content (AvgIpc) is 3.36. The van der Waals surface area contributed by atoms with Gasteiger partial charge in [0.25, 0.3) is 5.91 Å². The number of aliphatic carboxylic acids is 2. The van der Waals surface area contributed by atoms with Crippen LogP contribution in [0.1, 0.15) is 45.3 Å². The zero-order valence-corrected chi connectivity index (χ0v) is 17.6. The van der Waals surface area contributed by atoms with Gasteiger partial charge in [-0.25, -0.2) is 4.79 Å². The number of H-pyrrole nitrogens is 1. The number of anilines is 1. The van der Waals surface area contributed by atoms with Gasteiger partial charge >= 0.3 is 11.9 Å². The summed E-state index contributed by atoms with van der Waals surface area (Å²) in [6, 6.07) is 1.95. The summed E-state index contributed by atoms with van der Waals surface area (Å²) < 4.78 is 0. The minimum atomic E-state index is -1.32. The molecule has 0 radical (unpaired) electrons. The van der Waals surface area contributed by atoms with Crippen LogP contribution in [0.2, 0.25) is 0 Å². The number of carbonyl (C=O) groups is 3. The van der Waals surface area contributed by atoms with Gasteiger partial charge in [-0.05, 0) is 37.1 Å². The Morgan fingerprint density at radius 2 is 1.94 bits per heavy atom. The molecule has 0 aliphatic heterocycles. The Morgan fingerprint density at radius 1 is 1.19 bits per heavy atom. The van der Waals surface area contributed by atoms with E-state index in [1.54, 1.807) is 18.3 Å². The second-order valence-corrected chi connectivity index (χ2v) is 8.12. The van der Waals surface area contributed by atoms with Gasteiger partial charge in [0, 0.05) is 23.4 Å². The fourth-order valence-electron chi connectivity index (χ4n) is 3.36. The number of aromatic amines is 1. The molecular weight excluding hydrogens is 440 g/mol. The summed E-state index contributed by atoms with van der Waals surface area (Å²) in [6.45, 7) is 0.323. The minimum Gasteiger partial charge on any atom is -0.493 e. The number of amides is 1. The number of hydrogen-bond donors (Lipinski definition) is 7. The Kier molecular flexibility index (Phi) is 6.90. The highest BCUT2D eigenvalue weighted by Crippen LogP contribution is 2.38. The van der Waals surface area contributed by atoms with Gasteiger partial charge in [0.05, 0.1) is 10.3 Å². The molecular formula is C19H22N6O6S. The van der Waals surface area contributed by atoms with Crippen LogP contribution in [0.25, 0.3) is 11.0 Å². The lowest BCUT2D eigenvalue weighted by molar-refractivity contribution is -0.140. The molecule has 0 aliphatic rings. The van der Waals surface area contributed by atoms with Gasteiger partial charge < -0.3 is 37.1 Å². The molecule has 3 rings (SSSR count). The zero-order valence-electron chi connectivity index (χ0n) is 16.7. The maximum absolute atomic E-state index is 12.6. The Bertz CT molecular complexity index is 1160. The number of aromatic nitrogens is 3. The van der Waals surface area contributed by atoms with Gasteiger partial charge in [-0.2, -0.15) is 9.97 Å². The minimum absolute atomic E-state index is 0.0789. The van der Waals surface area contributed by atoms with Crippen LogP contribution in [0, 0.1) is 0 Å². The molecule has 2 atom stereocenters. The molecule has 32 heavy (non-hydrogen) atoms. The first-order valence-corrected chi connectivity index (χ1v) is 10.4. The molecule has 0 spiro atoms. The van der Waals surface area contributed by atoms with Gasteiger partial charge in [-0.1, -0.05) is 0 Å². The number of aromatic hydroxyl groups is 1. The van der Waals surface area contributed by atoms with Gasteiger partial charge in [0.15, 0.2) is 0 Å².